The van der Waals surface area contributed by atoms with Gasteiger partial charge >= 0.3 is 0 Å². The first-order valence-corrected chi connectivity index (χ1v) is 5.19. The number of benzene rings is 1. The van der Waals surface area contributed by atoms with Gasteiger partial charge in [0, 0.05) is 11.3 Å². The first kappa shape index (κ1) is 10.9. The molecule has 1 aromatic carbocycles. The van der Waals surface area contributed by atoms with Crippen LogP contribution in [0, 0.1) is 11.3 Å². The molecule has 4 heteroatoms. The second kappa shape index (κ2) is 4.12. The lowest BCUT2D eigenvalue weighted by atomic mass is 10.0. The number of rotatable bonds is 2. The van der Waals surface area contributed by atoms with E-state index < -0.39 is 5.79 Å². The minimum atomic E-state index is -0.768. The Morgan fingerprint density at radius 2 is 2.12 bits per heavy atom. The van der Waals surface area contributed by atoms with E-state index in [1.165, 1.54) is 0 Å². The summed E-state index contributed by atoms with van der Waals surface area (Å²) in [5, 5.41) is 8.67. The van der Waals surface area contributed by atoms with Crippen molar-refractivity contribution in [3.63, 3.8) is 0 Å². The Hall–Kier alpha value is -1.57. The second-order valence-corrected chi connectivity index (χ2v) is 3.90. The van der Waals surface area contributed by atoms with Gasteiger partial charge < -0.3 is 15.2 Å². The number of nitrogens with zero attached hydrogens (tertiary/aromatic N) is 1. The largest absolute Gasteiger partial charge is 0.398 e. The summed E-state index contributed by atoms with van der Waals surface area (Å²) < 4.78 is 11.1. The van der Waals surface area contributed by atoms with Gasteiger partial charge in [0.2, 0.25) is 0 Å². The molecule has 0 bridgehead atoms. The van der Waals surface area contributed by atoms with Crippen LogP contribution in [0.2, 0.25) is 0 Å². The van der Waals surface area contributed by atoms with Crippen molar-refractivity contribution in [2.45, 2.75) is 19.1 Å². The van der Waals surface area contributed by atoms with E-state index in [0.29, 0.717) is 25.3 Å². The van der Waals surface area contributed by atoms with Crippen molar-refractivity contribution in [3.8, 4) is 6.07 Å². The molecule has 84 valence electrons. The van der Waals surface area contributed by atoms with E-state index in [9.17, 15) is 0 Å². The molecule has 4 nitrogen and oxygen atoms in total. The second-order valence-electron chi connectivity index (χ2n) is 3.90. The highest BCUT2D eigenvalue weighted by Gasteiger charge is 2.34. The maximum atomic E-state index is 8.67. The SMILES string of the molecule is CC1(c2cc(CC#N)ccc2N)OCCO1. The van der Waals surface area contributed by atoms with Crippen LogP contribution in [0.15, 0.2) is 18.2 Å². The predicted octanol–water partition coefficient (Wildman–Crippen LogP) is 1.55. The molecule has 0 saturated carbocycles. The van der Waals surface area contributed by atoms with Crippen LogP contribution >= 0.6 is 0 Å². The minimum absolute atomic E-state index is 0.364. The van der Waals surface area contributed by atoms with Gasteiger partial charge in [0.25, 0.3) is 0 Å². The summed E-state index contributed by atoms with van der Waals surface area (Å²) in [4.78, 5) is 0. The van der Waals surface area contributed by atoms with Crippen molar-refractivity contribution in [1.82, 2.24) is 0 Å². The molecule has 0 radical (unpaired) electrons. The molecular weight excluding hydrogens is 204 g/mol. The van der Waals surface area contributed by atoms with Gasteiger partial charge in [-0.3, -0.25) is 0 Å². The van der Waals surface area contributed by atoms with E-state index in [-0.39, 0.29) is 0 Å². The van der Waals surface area contributed by atoms with Gasteiger partial charge in [-0.05, 0) is 24.6 Å². The minimum Gasteiger partial charge on any atom is -0.398 e. The van der Waals surface area contributed by atoms with Crippen molar-refractivity contribution in [2.24, 2.45) is 0 Å². The van der Waals surface area contributed by atoms with Gasteiger partial charge in [0.05, 0.1) is 25.7 Å². The first-order valence-electron chi connectivity index (χ1n) is 5.19. The molecule has 2 N–H and O–H groups in total. The number of hydrogen-bond donors (Lipinski definition) is 1. The summed E-state index contributed by atoms with van der Waals surface area (Å²) in [6.07, 6.45) is 0.364. The fourth-order valence-corrected chi connectivity index (χ4v) is 1.87. The van der Waals surface area contributed by atoms with Gasteiger partial charge in [-0.2, -0.15) is 5.26 Å². The zero-order valence-electron chi connectivity index (χ0n) is 9.19. The average Bonchev–Trinajstić information content (AvgIpc) is 2.69. The molecule has 1 heterocycles. The molecule has 0 unspecified atom stereocenters. The molecule has 1 aromatic rings. The standard InChI is InChI=1S/C12H14N2O2/c1-12(15-6-7-16-12)10-8-9(4-5-13)2-3-11(10)14/h2-3,8H,4,6-7,14H2,1H3. The molecule has 0 atom stereocenters. The quantitative estimate of drug-likeness (QED) is 0.765. The fourth-order valence-electron chi connectivity index (χ4n) is 1.87. The number of anilines is 1. The lowest BCUT2D eigenvalue weighted by molar-refractivity contribution is -0.149. The number of ether oxygens (including phenoxy) is 2. The average molecular weight is 218 g/mol. The lowest BCUT2D eigenvalue weighted by Crippen LogP contribution is -2.24. The number of nitrogen functional groups attached to an aromatic ring is 1. The Morgan fingerprint density at radius 3 is 2.75 bits per heavy atom. The van der Waals surface area contributed by atoms with Crippen LogP contribution in [0.3, 0.4) is 0 Å². The highest BCUT2D eigenvalue weighted by molar-refractivity contribution is 5.51. The molecule has 1 saturated heterocycles. The van der Waals surface area contributed by atoms with Gasteiger partial charge in [-0.25, -0.2) is 0 Å². The van der Waals surface area contributed by atoms with E-state index >= 15 is 0 Å². The highest BCUT2D eigenvalue weighted by atomic mass is 16.7. The van der Waals surface area contributed by atoms with E-state index in [2.05, 4.69) is 6.07 Å². The molecule has 0 aromatic heterocycles. The van der Waals surface area contributed by atoms with Gasteiger partial charge in [-0.1, -0.05) is 6.07 Å². The van der Waals surface area contributed by atoms with Crippen molar-refractivity contribution < 1.29 is 9.47 Å². The predicted molar refractivity (Wildman–Crippen MR) is 59.4 cm³/mol. The topological polar surface area (TPSA) is 68.3 Å². The third-order valence-electron chi connectivity index (χ3n) is 2.73. The molecule has 0 spiro atoms. The van der Waals surface area contributed by atoms with Crippen LogP contribution < -0.4 is 5.73 Å². The van der Waals surface area contributed by atoms with Crippen molar-refractivity contribution in [1.29, 1.82) is 5.26 Å². The molecule has 1 aliphatic rings. The lowest BCUT2D eigenvalue weighted by Gasteiger charge is -2.24. The molecular formula is C12H14N2O2. The van der Waals surface area contributed by atoms with Crippen LogP contribution in [-0.4, -0.2) is 13.2 Å². The van der Waals surface area contributed by atoms with Gasteiger partial charge in [-0.15, -0.1) is 0 Å². The maximum Gasteiger partial charge on any atom is 0.194 e. The van der Waals surface area contributed by atoms with Crippen molar-refractivity contribution in [2.75, 3.05) is 18.9 Å². The van der Waals surface area contributed by atoms with Gasteiger partial charge in [0.15, 0.2) is 5.79 Å². The highest BCUT2D eigenvalue weighted by Crippen LogP contribution is 2.34. The monoisotopic (exact) mass is 218 g/mol. The maximum absolute atomic E-state index is 8.67. The molecule has 0 amide bonds. The Kier molecular flexibility index (Phi) is 2.82. The van der Waals surface area contributed by atoms with Crippen molar-refractivity contribution in [3.05, 3.63) is 29.3 Å². The summed E-state index contributed by atoms with van der Waals surface area (Å²) in [6.45, 7) is 2.98. The Morgan fingerprint density at radius 1 is 1.44 bits per heavy atom. The van der Waals surface area contributed by atoms with E-state index in [0.717, 1.165) is 11.1 Å². The molecule has 16 heavy (non-hydrogen) atoms. The molecule has 2 rings (SSSR count). The summed E-state index contributed by atoms with van der Waals surface area (Å²) in [6, 6.07) is 7.63. The van der Waals surface area contributed by atoms with Crippen molar-refractivity contribution >= 4 is 5.69 Å². The summed E-state index contributed by atoms with van der Waals surface area (Å²) in [5.41, 5.74) is 8.27. The van der Waals surface area contributed by atoms with E-state index in [1.807, 2.05) is 19.1 Å². The van der Waals surface area contributed by atoms with Gasteiger partial charge in [0.1, 0.15) is 0 Å². The Labute approximate surface area is 94.6 Å². The summed E-state index contributed by atoms with van der Waals surface area (Å²) in [7, 11) is 0. The van der Waals surface area contributed by atoms with Crippen LogP contribution in [0.5, 0.6) is 0 Å². The Bertz CT molecular complexity index is 431. The third kappa shape index (κ3) is 1.87. The van der Waals surface area contributed by atoms with Crippen LogP contribution in [0.25, 0.3) is 0 Å². The Balaban J connectivity index is 2.39. The summed E-state index contributed by atoms with van der Waals surface area (Å²) in [5.74, 6) is -0.768. The number of nitriles is 1. The zero-order valence-corrected chi connectivity index (χ0v) is 9.19. The smallest absolute Gasteiger partial charge is 0.194 e. The summed E-state index contributed by atoms with van der Waals surface area (Å²) >= 11 is 0. The normalized spacial score (nSPS) is 18.2. The molecule has 1 aliphatic heterocycles. The third-order valence-corrected chi connectivity index (χ3v) is 2.73. The first-order chi connectivity index (χ1) is 7.65. The van der Waals surface area contributed by atoms with E-state index in [1.54, 1.807) is 6.07 Å². The van der Waals surface area contributed by atoms with Crippen LogP contribution in [0.4, 0.5) is 5.69 Å². The van der Waals surface area contributed by atoms with E-state index in [4.69, 9.17) is 20.5 Å². The molecule has 0 aliphatic carbocycles. The fraction of sp³-hybridized carbons (Fsp3) is 0.417. The van der Waals surface area contributed by atoms with Crippen LogP contribution in [-0.2, 0) is 21.7 Å². The van der Waals surface area contributed by atoms with Crippen LogP contribution in [0.1, 0.15) is 18.1 Å². The number of hydrogen-bond acceptors (Lipinski definition) is 4. The zero-order chi connectivity index (χ0) is 11.6. The molecule has 1 fully saturated rings. The number of nitrogens with two attached hydrogens (primary N) is 1.